The first-order chi connectivity index (χ1) is 30.2. The zero-order chi connectivity index (χ0) is 42.2. The molecule has 0 aliphatic carbocycles. The Morgan fingerprint density at radius 3 is 0.453 bits per heavy atom. The Hall–Kier alpha value is -3.25. The average molecular weight is 1120 g/mol. The average Bonchev–Trinajstić information content (AvgIpc) is 3.35. The third-order valence-corrected chi connectivity index (χ3v) is 21.1. The quantitative estimate of drug-likeness (QED) is 0.0947. The first-order valence-corrected chi connectivity index (χ1v) is 27.9. The van der Waals surface area contributed by atoms with E-state index in [-0.39, 0.29) is 77.6 Å². The summed E-state index contributed by atoms with van der Waals surface area (Å²) < 4.78 is 0. The third-order valence-electron chi connectivity index (χ3n) is 10.3. The van der Waals surface area contributed by atoms with Crippen molar-refractivity contribution in [3.8, 4) is 0 Å². The van der Waals surface area contributed by atoms with E-state index in [1.165, 1.54) is 86.3 Å². The number of hydrogen-bond donors (Lipinski definition) is 0. The smallest absolute Gasteiger partial charge is 1.00 e. The van der Waals surface area contributed by atoms with Crippen LogP contribution in [0.5, 0.6) is 0 Å². The first kappa shape index (κ1) is 55.1. The molecule has 8 aromatic carbocycles. The fourth-order valence-corrected chi connectivity index (χ4v) is 18.0. The van der Waals surface area contributed by atoms with E-state index in [9.17, 15) is 0 Å². The number of unbranched alkanes of at least 4 members (excludes halogenated alkanes) is 2. The van der Waals surface area contributed by atoms with Crippen LogP contribution in [-0.4, -0.2) is 24.6 Å². The molecule has 0 aliphatic heterocycles. The molecule has 0 fully saturated rings. The van der Waals surface area contributed by atoms with Crippen LogP contribution in [0.4, 0.5) is 0 Å². The molecule has 0 saturated carbocycles. The van der Waals surface area contributed by atoms with Crippen molar-refractivity contribution >= 4 is 74.1 Å². The molecule has 0 N–H and O–H groups in total. The van der Waals surface area contributed by atoms with Gasteiger partial charge in [0.05, 0.1) is 0 Å². The molecule has 0 aromatic heterocycles. The number of rotatable bonds is 16. The van der Waals surface area contributed by atoms with Gasteiger partial charge in [-0.25, -0.2) is 0 Å². The number of benzene rings is 8. The van der Waals surface area contributed by atoms with Crippen LogP contribution in [-0.2, 0) is 21.1 Å². The van der Waals surface area contributed by atoms with E-state index < -0.39 is 0 Å². The summed E-state index contributed by atoms with van der Waals surface area (Å²) in [4.78, 5) is 0. The molecule has 0 unspecified atom stereocenters. The maximum absolute atomic E-state index is 2.30. The van der Waals surface area contributed by atoms with Gasteiger partial charge in [-0.05, 0) is 98.8 Å². The Morgan fingerprint density at radius 2 is 0.359 bits per heavy atom. The minimum atomic E-state index is -0.348. The summed E-state index contributed by atoms with van der Waals surface area (Å²) in [6, 6.07) is 88.4. The zero-order valence-corrected chi connectivity index (χ0v) is 45.0. The first-order valence-electron chi connectivity index (χ1n) is 21.8. The van der Waals surface area contributed by atoms with Gasteiger partial charge in [-0.15, -0.1) is 0 Å². The van der Waals surface area contributed by atoms with Gasteiger partial charge < -0.3 is 24.8 Å². The van der Waals surface area contributed by atoms with Crippen molar-refractivity contribution in [2.45, 2.75) is 33.1 Å². The molecule has 0 saturated heterocycles. The van der Waals surface area contributed by atoms with Crippen LogP contribution in [0.15, 0.2) is 243 Å². The Labute approximate surface area is 417 Å². The van der Waals surface area contributed by atoms with E-state index >= 15 is 0 Å². The molecule has 0 spiro atoms. The van der Waals surface area contributed by atoms with Crippen molar-refractivity contribution in [1.29, 1.82) is 0 Å². The van der Waals surface area contributed by atoms with Gasteiger partial charge in [0.2, 0.25) is 0 Å². The molecular formula is C57H60Cl2P4W. The number of hydrogen-bond acceptors (Lipinski definition) is 0. The predicted octanol–water partition coefficient (Wildman–Crippen LogP) is 6.71. The summed E-state index contributed by atoms with van der Waals surface area (Å²) in [5, 5.41) is 11.8. The van der Waals surface area contributed by atoms with Crippen molar-refractivity contribution in [2.24, 2.45) is 0 Å². The van der Waals surface area contributed by atoms with Gasteiger partial charge in [-0.2, -0.15) is 0 Å². The molecule has 328 valence electrons. The second-order valence-electron chi connectivity index (χ2n) is 14.6. The van der Waals surface area contributed by atoms with E-state index in [0.29, 0.717) is 0 Å². The van der Waals surface area contributed by atoms with Gasteiger partial charge in [-0.3, -0.25) is 0 Å². The molecule has 8 aromatic rings. The molecule has 7 heteroatoms. The zero-order valence-electron chi connectivity index (χ0n) is 37.0. The molecule has 0 aliphatic rings. The summed E-state index contributed by atoms with van der Waals surface area (Å²) in [7, 11) is -1.39. The Kier molecular flexibility index (Phi) is 27.9. The molecule has 0 atom stereocenters. The Balaban J connectivity index is 0.000000295. The maximum atomic E-state index is 2.30. The summed E-state index contributed by atoms with van der Waals surface area (Å²) in [6.45, 7) is 4.42. The van der Waals surface area contributed by atoms with E-state index in [4.69, 9.17) is 0 Å². The molecule has 64 heavy (non-hydrogen) atoms. The summed E-state index contributed by atoms with van der Waals surface area (Å²) in [6.07, 6.45) is 8.91. The standard InChI is InChI=1S/2C26H24P2.C5H12.2ClH.W/c2*1-5-13-23(14-6-1)27(24-15-7-2-8-16-24)21-22-28(25-17-9-3-10-18-25)26-19-11-4-12-20-26;1-3-5-4-2;;;/h2*1-20H,21-22H2;3-5H2,1-2H3;2*1H;/q;;;;;+2/p-2. The molecular weight excluding hydrogens is 1060 g/mol. The van der Waals surface area contributed by atoms with Crippen molar-refractivity contribution in [1.82, 2.24) is 0 Å². The van der Waals surface area contributed by atoms with Crippen LogP contribution in [0.3, 0.4) is 0 Å². The molecule has 0 amide bonds. The van der Waals surface area contributed by atoms with Crippen LogP contribution in [0.2, 0.25) is 0 Å². The predicted molar refractivity (Wildman–Crippen MR) is 281 cm³/mol. The van der Waals surface area contributed by atoms with E-state index in [0.717, 1.165) is 0 Å². The van der Waals surface area contributed by atoms with Crippen LogP contribution < -0.4 is 67.3 Å². The molecule has 0 radical (unpaired) electrons. The van der Waals surface area contributed by atoms with Gasteiger partial charge in [0.25, 0.3) is 0 Å². The van der Waals surface area contributed by atoms with Gasteiger partial charge >= 0.3 is 21.1 Å². The molecule has 0 nitrogen and oxygen atoms in total. The minimum Gasteiger partial charge on any atom is -1.00 e. The summed E-state index contributed by atoms with van der Waals surface area (Å²) in [5.41, 5.74) is 0. The maximum Gasteiger partial charge on any atom is 2.00 e. The summed E-state index contributed by atoms with van der Waals surface area (Å²) in [5.74, 6) is 0. The van der Waals surface area contributed by atoms with E-state index in [1.54, 1.807) is 0 Å². The topological polar surface area (TPSA) is 0 Å². The largest absolute Gasteiger partial charge is 2.00 e. The second-order valence-corrected chi connectivity index (χ2v) is 24.0. The van der Waals surface area contributed by atoms with Gasteiger partial charge in [0.15, 0.2) is 0 Å². The van der Waals surface area contributed by atoms with Crippen LogP contribution in [0.25, 0.3) is 0 Å². The fraction of sp³-hybridized carbons (Fsp3) is 0.158. The minimum absolute atomic E-state index is 0. The van der Waals surface area contributed by atoms with E-state index in [1.807, 2.05) is 0 Å². The normalized spacial score (nSPS) is 10.3. The van der Waals surface area contributed by atoms with Crippen molar-refractivity contribution in [3.63, 3.8) is 0 Å². The SMILES string of the molecule is CCCCC.[Cl-].[Cl-].[W+2].c1ccc(P(CCP(c2ccccc2)c2ccccc2)c2ccccc2)cc1.c1ccc(P(CCP(c2ccccc2)c2ccccc2)c2ccccc2)cc1. The van der Waals surface area contributed by atoms with Gasteiger partial charge in [0.1, 0.15) is 0 Å². The van der Waals surface area contributed by atoms with Crippen LogP contribution >= 0.6 is 31.7 Å². The fourth-order valence-electron chi connectivity index (χ4n) is 7.25. The van der Waals surface area contributed by atoms with Gasteiger partial charge in [0, 0.05) is 0 Å². The van der Waals surface area contributed by atoms with Crippen molar-refractivity contribution in [2.75, 3.05) is 24.6 Å². The molecule has 0 heterocycles. The van der Waals surface area contributed by atoms with Crippen LogP contribution in [0.1, 0.15) is 33.1 Å². The van der Waals surface area contributed by atoms with E-state index in [2.05, 4.69) is 257 Å². The van der Waals surface area contributed by atoms with Crippen LogP contribution in [0, 0.1) is 0 Å². The second kappa shape index (κ2) is 32.4. The number of halogens is 2. The van der Waals surface area contributed by atoms with Crippen molar-refractivity contribution < 1.29 is 45.9 Å². The molecule has 8 rings (SSSR count). The van der Waals surface area contributed by atoms with Gasteiger partial charge in [-0.1, -0.05) is 276 Å². The third kappa shape index (κ3) is 17.9. The monoisotopic (exact) mass is 1120 g/mol. The van der Waals surface area contributed by atoms with Crippen molar-refractivity contribution in [3.05, 3.63) is 243 Å². The Bertz CT molecular complexity index is 1820. The summed E-state index contributed by atoms with van der Waals surface area (Å²) >= 11 is 0. The Morgan fingerprint density at radius 1 is 0.234 bits per heavy atom. The molecule has 0 bridgehead atoms.